The Balaban J connectivity index is 2.45. The van der Waals surface area contributed by atoms with Crippen molar-refractivity contribution in [2.24, 2.45) is 0 Å². The molecule has 1 N–H and O–H groups in total. The van der Waals surface area contributed by atoms with Crippen LogP contribution in [0.25, 0.3) is 0 Å². The van der Waals surface area contributed by atoms with Crippen LogP contribution in [0.15, 0.2) is 0 Å². The highest BCUT2D eigenvalue weighted by Crippen LogP contribution is 1.99. The van der Waals surface area contributed by atoms with Gasteiger partial charge in [0, 0.05) is 26.2 Å². The highest BCUT2D eigenvalue weighted by molar-refractivity contribution is 5.76. The van der Waals surface area contributed by atoms with Gasteiger partial charge >= 0.3 is 18.0 Å². The highest BCUT2D eigenvalue weighted by Gasteiger charge is 2.21. The largest absolute Gasteiger partial charge is 0.468 e. The van der Waals surface area contributed by atoms with E-state index < -0.39 is 11.9 Å². The van der Waals surface area contributed by atoms with Crippen LogP contribution in [0.4, 0.5) is 4.79 Å². The fourth-order valence-electron chi connectivity index (χ4n) is 1.69. The summed E-state index contributed by atoms with van der Waals surface area (Å²) in [6.45, 7) is 2.06. The van der Waals surface area contributed by atoms with Gasteiger partial charge in [0.05, 0.1) is 27.3 Å². The van der Waals surface area contributed by atoms with Gasteiger partial charge in [-0.25, -0.2) is 4.79 Å². The number of methoxy groups -OCH3 is 2. The first kappa shape index (κ1) is 15.2. The van der Waals surface area contributed by atoms with Crippen molar-refractivity contribution < 1.29 is 23.9 Å². The van der Waals surface area contributed by atoms with Gasteiger partial charge in [0.2, 0.25) is 0 Å². The molecule has 0 aromatic rings. The van der Waals surface area contributed by atoms with Gasteiger partial charge in [0.1, 0.15) is 0 Å². The van der Waals surface area contributed by atoms with Gasteiger partial charge in [-0.15, -0.1) is 0 Å². The topological polar surface area (TPSA) is 88.2 Å². The summed E-state index contributed by atoms with van der Waals surface area (Å²) in [4.78, 5) is 37.1. The smallest absolute Gasteiger partial charge is 0.319 e. The van der Waals surface area contributed by atoms with E-state index in [2.05, 4.69) is 14.8 Å². The molecule has 0 aromatic carbocycles. The lowest BCUT2D eigenvalue weighted by Crippen LogP contribution is -2.41. The molecular weight excluding hydrogens is 254 g/mol. The monoisotopic (exact) mass is 273 g/mol. The van der Waals surface area contributed by atoms with Crippen molar-refractivity contribution in [3.63, 3.8) is 0 Å². The maximum Gasteiger partial charge on any atom is 0.319 e. The maximum atomic E-state index is 11.4. The number of carbonyl (C=O) groups is 3. The first-order chi connectivity index (χ1) is 9.06. The van der Waals surface area contributed by atoms with Crippen LogP contribution in [0.3, 0.4) is 0 Å². The molecule has 0 unspecified atom stereocenters. The standard InChI is InChI=1S/C11H19N3O5/c1-18-9(15)7-13(8-10(16)19-2)5-6-14-4-3-12-11(14)17/h3-8H2,1-2H3,(H,12,17). The van der Waals surface area contributed by atoms with E-state index in [9.17, 15) is 14.4 Å². The maximum absolute atomic E-state index is 11.4. The average molecular weight is 273 g/mol. The third kappa shape index (κ3) is 5.12. The van der Waals surface area contributed by atoms with Gasteiger partial charge in [0.25, 0.3) is 0 Å². The Morgan fingerprint density at radius 1 is 1.26 bits per heavy atom. The second kappa shape index (κ2) is 7.57. The number of hydrogen-bond acceptors (Lipinski definition) is 6. The molecule has 0 aliphatic carbocycles. The molecule has 0 bridgehead atoms. The van der Waals surface area contributed by atoms with Crippen LogP contribution in [0.1, 0.15) is 0 Å². The molecule has 19 heavy (non-hydrogen) atoms. The molecule has 0 spiro atoms. The molecule has 1 aliphatic heterocycles. The number of carbonyl (C=O) groups excluding carboxylic acids is 3. The van der Waals surface area contributed by atoms with E-state index in [1.54, 1.807) is 9.80 Å². The molecule has 0 radical (unpaired) electrons. The fourth-order valence-corrected chi connectivity index (χ4v) is 1.69. The van der Waals surface area contributed by atoms with Crippen molar-refractivity contribution >= 4 is 18.0 Å². The molecule has 0 saturated carbocycles. The Labute approximate surface area is 111 Å². The predicted octanol–water partition coefficient (Wildman–Crippen LogP) is -1.34. The van der Waals surface area contributed by atoms with Crippen LogP contribution in [0.5, 0.6) is 0 Å². The lowest BCUT2D eigenvalue weighted by molar-refractivity contribution is -0.145. The Kier molecular flexibility index (Phi) is 6.07. The van der Waals surface area contributed by atoms with Gasteiger partial charge in [-0.05, 0) is 0 Å². The van der Waals surface area contributed by atoms with Crippen molar-refractivity contribution in [3.8, 4) is 0 Å². The Morgan fingerprint density at radius 2 is 1.84 bits per heavy atom. The van der Waals surface area contributed by atoms with Crippen molar-refractivity contribution in [2.45, 2.75) is 0 Å². The number of nitrogens with zero attached hydrogens (tertiary/aromatic N) is 2. The predicted molar refractivity (Wildman–Crippen MR) is 65.4 cm³/mol. The van der Waals surface area contributed by atoms with E-state index in [4.69, 9.17) is 0 Å². The molecule has 1 heterocycles. The van der Waals surface area contributed by atoms with Gasteiger partial charge in [-0.3, -0.25) is 14.5 Å². The Morgan fingerprint density at radius 3 is 2.26 bits per heavy atom. The van der Waals surface area contributed by atoms with Crippen LogP contribution in [-0.2, 0) is 19.1 Å². The van der Waals surface area contributed by atoms with Crippen LogP contribution in [-0.4, -0.2) is 81.3 Å². The van der Waals surface area contributed by atoms with E-state index in [0.717, 1.165) is 0 Å². The Bertz CT molecular complexity index is 329. The van der Waals surface area contributed by atoms with Crippen LogP contribution < -0.4 is 5.32 Å². The van der Waals surface area contributed by atoms with Crippen LogP contribution in [0, 0.1) is 0 Å². The molecular formula is C11H19N3O5. The molecule has 1 aliphatic rings. The van der Waals surface area contributed by atoms with E-state index in [0.29, 0.717) is 26.2 Å². The SMILES string of the molecule is COC(=O)CN(CCN1CCNC1=O)CC(=O)OC. The number of esters is 2. The van der Waals surface area contributed by atoms with Gasteiger partial charge in [0.15, 0.2) is 0 Å². The zero-order valence-corrected chi connectivity index (χ0v) is 11.2. The number of urea groups is 1. The summed E-state index contributed by atoms with van der Waals surface area (Å²) in [7, 11) is 2.57. The molecule has 1 fully saturated rings. The molecule has 1 saturated heterocycles. The van der Waals surface area contributed by atoms with E-state index in [1.165, 1.54) is 14.2 Å². The molecule has 0 atom stereocenters. The number of nitrogens with one attached hydrogen (secondary N) is 1. The van der Waals surface area contributed by atoms with Gasteiger partial charge in [-0.1, -0.05) is 0 Å². The summed E-state index contributed by atoms with van der Waals surface area (Å²) < 4.78 is 9.13. The number of amides is 2. The number of rotatable bonds is 7. The lowest BCUT2D eigenvalue weighted by atomic mass is 10.4. The third-order valence-corrected chi connectivity index (χ3v) is 2.79. The summed E-state index contributed by atoms with van der Waals surface area (Å²) in [6.07, 6.45) is 0. The van der Waals surface area contributed by atoms with E-state index in [1.807, 2.05) is 0 Å². The molecule has 8 nitrogen and oxygen atoms in total. The number of hydrogen-bond donors (Lipinski definition) is 1. The molecule has 2 amide bonds. The summed E-state index contributed by atoms with van der Waals surface area (Å²) in [5.74, 6) is -0.871. The first-order valence-electron chi connectivity index (χ1n) is 5.95. The molecule has 108 valence electrons. The Hall–Kier alpha value is -1.83. The summed E-state index contributed by atoms with van der Waals surface area (Å²) in [5.41, 5.74) is 0. The summed E-state index contributed by atoms with van der Waals surface area (Å²) in [5, 5.41) is 2.68. The molecule has 8 heteroatoms. The van der Waals surface area contributed by atoms with E-state index >= 15 is 0 Å². The zero-order valence-electron chi connectivity index (χ0n) is 11.2. The zero-order chi connectivity index (χ0) is 14.3. The molecule has 0 aromatic heterocycles. The first-order valence-corrected chi connectivity index (χ1v) is 5.95. The summed E-state index contributed by atoms with van der Waals surface area (Å²) in [6, 6.07) is -0.129. The van der Waals surface area contributed by atoms with Crippen molar-refractivity contribution in [1.29, 1.82) is 0 Å². The number of ether oxygens (including phenoxy) is 2. The fraction of sp³-hybridized carbons (Fsp3) is 0.727. The minimum Gasteiger partial charge on any atom is -0.468 e. The van der Waals surface area contributed by atoms with Crippen molar-refractivity contribution in [3.05, 3.63) is 0 Å². The van der Waals surface area contributed by atoms with Crippen molar-refractivity contribution in [2.75, 3.05) is 53.5 Å². The minimum absolute atomic E-state index is 0.0128. The second-order valence-electron chi connectivity index (χ2n) is 4.08. The van der Waals surface area contributed by atoms with Crippen LogP contribution in [0.2, 0.25) is 0 Å². The quantitative estimate of drug-likeness (QED) is 0.578. The minimum atomic E-state index is -0.435. The van der Waals surface area contributed by atoms with Crippen molar-refractivity contribution in [1.82, 2.24) is 15.1 Å². The van der Waals surface area contributed by atoms with Gasteiger partial charge in [-0.2, -0.15) is 0 Å². The normalized spacial score (nSPS) is 14.5. The van der Waals surface area contributed by atoms with Gasteiger partial charge < -0.3 is 19.7 Å². The summed E-state index contributed by atoms with van der Waals surface area (Å²) >= 11 is 0. The molecule has 1 rings (SSSR count). The highest BCUT2D eigenvalue weighted by atomic mass is 16.5. The average Bonchev–Trinajstić information content (AvgIpc) is 2.81. The van der Waals surface area contributed by atoms with E-state index in [-0.39, 0.29) is 19.1 Å². The van der Waals surface area contributed by atoms with Crippen LogP contribution >= 0.6 is 0 Å². The third-order valence-electron chi connectivity index (χ3n) is 2.79. The second-order valence-corrected chi connectivity index (χ2v) is 4.08. The lowest BCUT2D eigenvalue weighted by Gasteiger charge is -2.22.